The Morgan fingerprint density at radius 3 is 2.32 bits per heavy atom. The molecule has 1 unspecified atom stereocenters. The fourth-order valence-corrected chi connectivity index (χ4v) is 6.47. The molecule has 3 aromatic rings. The van der Waals surface area contributed by atoms with Crippen LogP contribution >= 0.6 is 0 Å². The van der Waals surface area contributed by atoms with E-state index < -0.39 is 58.5 Å². The average Bonchev–Trinajstić information content (AvgIpc) is 3.58. The predicted molar refractivity (Wildman–Crippen MR) is 156 cm³/mol. The Morgan fingerprint density at radius 2 is 1.68 bits per heavy atom. The van der Waals surface area contributed by atoms with Gasteiger partial charge >= 0.3 is 6.09 Å². The molecule has 2 aromatic carbocycles. The standard InChI is InChI=1S/C32H38F3N5O4/c1-18-27(40(32(7,8)43-18)29(42)44-30(2,3)4)24-17-39(37-36-24)25-12-10-9-11-20(25)28(41)38-14-13-21(31(38,5)6)19-15-22(33)26(35)23(34)16-19/h9-12,15-18,21,27H,13-14H2,1-8H3/t18-,21?,27+/m1/s1. The summed E-state index contributed by atoms with van der Waals surface area (Å²) in [6.45, 7) is 14.8. The first kappa shape index (κ1) is 31.5. The van der Waals surface area contributed by atoms with Gasteiger partial charge in [0.2, 0.25) is 0 Å². The lowest BCUT2D eigenvalue weighted by molar-refractivity contribution is -0.0757. The molecular formula is C32H38F3N5O4. The molecule has 9 nitrogen and oxygen atoms in total. The van der Waals surface area contributed by atoms with E-state index in [2.05, 4.69) is 10.3 Å². The molecule has 1 aromatic heterocycles. The fourth-order valence-electron chi connectivity index (χ4n) is 6.47. The number of para-hydroxylation sites is 1. The zero-order valence-electron chi connectivity index (χ0n) is 26.2. The first-order chi connectivity index (χ1) is 20.4. The molecule has 44 heavy (non-hydrogen) atoms. The van der Waals surface area contributed by atoms with Crippen LogP contribution in [-0.4, -0.2) is 66.3 Å². The number of benzene rings is 2. The van der Waals surface area contributed by atoms with Crippen LogP contribution in [0, 0.1) is 17.5 Å². The molecule has 0 saturated carbocycles. The minimum Gasteiger partial charge on any atom is -0.444 e. The van der Waals surface area contributed by atoms with E-state index in [1.807, 2.05) is 20.8 Å². The van der Waals surface area contributed by atoms with Crippen LogP contribution in [0.3, 0.4) is 0 Å². The number of nitrogens with zero attached hydrogens (tertiary/aromatic N) is 5. The molecule has 0 radical (unpaired) electrons. The maximum atomic E-state index is 14.1. The van der Waals surface area contributed by atoms with E-state index in [0.29, 0.717) is 35.5 Å². The van der Waals surface area contributed by atoms with Crippen LogP contribution in [-0.2, 0) is 9.47 Å². The molecule has 236 valence electrons. The molecule has 2 amide bonds. The van der Waals surface area contributed by atoms with Crippen LogP contribution in [0.25, 0.3) is 5.69 Å². The van der Waals surface area contributed by atoms with Crippen molar-refractivity contribution in [1.82, 2.24) is 24.8 Å². The lowest BCUT2D eigenvalue weighted by Gasteiger charge is -2.36. The van der Waals surface area contributed by atoms with Crippen LogP contribution in [0.1, 0.15) is 95.4 Å². The molecule has 3 heterocycles. The summed E-state index contributed by atoms with van der Waals surface area (Å²) in [5.74, 6) is -4.77. The molecule has 0 bridgehead atoms. The Balaban J connectivity index is 1.45. The third-order valence-electron chi connectivity index (χ3n) is 8.41. The molecule has 12 heteroatoms. The highest BCUT2D eigenvalue weighted by Crippen LogP contribution is 2.44. The Morgan fingerprint density at radius 1 is 1.05 bits per heavy atom. The van der Waals surface area contributed by atoms with Crippen molar-refractivity contribution in [2.75, 3.05) is 6.54 Å². The van der Waals surface area contributed by atoms with Gasteiger partial charge in [0.1, 0.15) is 23.1 Å². The van der Waals surface area contributed by atoms with Gasteiger partial charge in [0.25, 0.3) is 5.91 Å². The van der Waals surface area contributed by atoms with Crippen molar-refractivity contribution in [2.45, 2.75) is 96.7 Å². The summed E-state index contributed by atoms with van der Waals surface area (Å²) in [5, 5.41) is 8.70. The summed E-state index contributed by atoms with van der Waals surface area (Å²) in [7, 11) is 0. The number of amides is 2. The molecule has 0 spiro atoms. The van der Waals surface area contributed by atoms with Crippen LogP contribution in [0.2, 0.25) is 0 Å². The molecular weight excluding hydrogens is 575 g/mol. The van der Waals surface area contributed by atoms with E-state index in [4.69, 9.17) is 9.47 Å². The number of carbonyl (C=O) groups is 2. The van der Waals surface area contributed by atoms with Gasteiger partial charge in [-0.2, -0.15) is 0 Å². The predicted octanol–water partition coefficient (Wildman–Crippen LogP) is 6.53. The fraction of sp³-hybridized carbons (Fsp3) is 0.500. The van der Waals surface area contributed by atoms with E-state index in [1.165, 1.54) is 9.58 Å². The quantitative estimate of drug-likeness (QED) is 0.311. The third-order valence-corrected chi connectivity index (χ3v) is 8.41. The summed E-state index contributed by atoms with van der Waals surface area (Å²) in [4.78, 5) is 30.5. The van der Waals surface area contributed by atoms with Gasteiger partial charge < -0.3 is 14.4 Å². The van der Waals surface area contributed by atoms with E-state index in [0.717, 1.165) is 12.1 Å². The topological polar surface area (TPSA) is 89.8 Å². The SMILES string of the molecule is C[C@H]1OC(C)(C)N(C(=O)OC(C)(C)C)[C@@H]1c1cn(-c2ccccc2C(=O)N2CCC(c3cc(F)c(F)c(F)c3)C2(C)C)nn1. The second kappa shape index (κ2) is 10.9. The largest absolute Gasteiger partial charge is 0.444 e. The van der Waals surface area contributed by atoms with Crippen LogP contribution < -0.4 is 0 Å². The second-order valence-electron chi connectivity index (χ2n) is 13.4. The minimum atomic E-state index is -1.52. The number of carbonyl (C=O) groups excluding carboxylic acids is 2. The van der Waals surface area contributed by atoms with Gasteiger partial charge in [-0.05, 0) is 91.6 Å². The molecule has 2 fully saturated rings. The van der Waals surface area contributed by atoms with Crippen molar-refractivity contribution in [3.05, 3.63) is 76.9 Å². The highest BCUT2D eigenvalue weighted by molar-refractivity contribution is 5.98. The van der Waals surface area contributed by atoms with Crippen LogP contribution in [0.15, 0.2) is 42.6 Å². The van der Waals surface area contributed by atoms with E-state index in [9.17, 15) is 22.8 Å². The minimum absolute atomic E-state index is 0.293. The monoisotopic (exact) mass is 613 g/mol. The molecule has 2 aliphatic rings. The van der Waals surface area contributed by atoms with Crippen molar-refractivity contribution < 1.29 is 32.2 Å². The first-order valence-corrected chi connectivity index (χ1v) is 14.6. The second-order valence-corrected chi connectivity index (χ2v) is 13.4. The number of hydrogen-bond donors (Lipinski definition) is 0. The highest BCUT2D eigenvalue weighted by Gasteiger charge is 2.51. The maximum Gasteiger partial charge on any atom is 0.413 e. The Hall–Kier alpha value is -3.93. The van der Waals surface area contributed by atoms with Gasteiger partial charge in [-0.25, -0.2) is 22.6 Å². The van der Waals surface area contributed by atoms with Gasteiger partial charge in [-0.1, -0.05) is 17.3 Å². The normalized spacial score (nSPS) is 22.8. The number of rotatable bonds is 4. The average molecular weight is 614 g/mol. The van der Waals surface area contributed by atoms with Gasteiger partial charge in [0, 0.05) is 18.0 Å². The molecule has 3 atom stereocenters. The number of halogens is 3. The van der Waals surface area contributed by atoms with Crippen molar-refractivity contribution in [2.24, 2.45) is 0 Å². The number of aromatic nitrogens is 3. The van der Waals surface area contributed by atoms with Crippen molar-refractivity contribution in [3.63, 3.8) is 0 Å². The molecule has 2 saturated heterocycles. The lowest BCUT2D eigenvalue weighted by atomic mass is 9.82. The Bertz CT molecular complexity index is 1580. The summed E-state index contributed by atoms with van der Waals surface area (Å²) < 4.78 is 55.1. The molecule has 0 N–H and O–H groups in total. The van der Waals surface area contributed by atoms with Gasteiger partial charge in [-0.15, -0.1) is 5.10 Å². The van der Waals surface area contributed by atoms with Crippen molar-refractivity contribution >= 4 is 12.0 Å². The number of ether oxygens (including phenoxy) is 2. The summed E-state index contributed by atoms with van der Waals surface area (Å²) in [6, 6.07) is 8.31. The number of hydrogen-bond acceptors (Lipinski definition) is 6. The van der Waals surface area contributed by atoms with E-state index >= 15 is 0 Å². The van der Waals surface area contributed by atoms with Crippen LogP contribution in [0.4, 0.5) is 18.0 Å². The third kappa shape index (κ3) is 5.55. The van der Waals surface area contributed by atoms with E-state index in [1.54, 1.807) is 70.0 Å². The summed E-state index contributed by atoms with van der Waals surface area (Å²) in [6.07, 6.45) is 1.13. The molecule has 5 rings (SSSR count). The summed E-state index contributed by atoms with van der Waals surface area (Å²) in [5.41, 5.74) is -0.984. The van der Waals surface area contributed by atoms with Gasteiger partial charge in [0.15, 0.2) is 17.5 Å². The number of likely N-dealkylation sites (tertiary alicyclic amines) is 1. The zero-order chi connectivity index (χ0) is 32.4. The van der Waals surface area contributed by atoms with Crippen molar-refractivity contribution in [3.8, 4) is 5.69 Å². The molecule has 2 aliphatic heterocycles. The van der Waals surface area contributed by atoms with Crippen LogP contribution in [0.5, 0.6) is 0 Å². The smallest absolute Gasteiger partial charge is 0.413 e. The first-order valence-electron chi connectivity index (χ1n) is 14.6. The van der Waals surface area contributed by atoms with Crippen molar-refractivity contribution in [1.29, 1.82) is 0 Å². The zero-order valence-corrected chi connectivity index (χ0v) is 26.2. The molecule has 0 aliphatic carbocycles. The summed E-state index contributed by atoms with van der Waals surface area (Å²) >= 11 is 0. The van der Waals surface area contributed by atoms with Gasteiger partial charge in [-0.3, -0.25) is 9.69 Å². The van der Waals surface area contributed by atoms with Gasteiger partial charge in [0.05, 0.1) is 23.6 Å². The Labute approximate surface area is 254 Å². The maximum absolute atomic E-state index is 14.1. The lowest BCUT2D eigenvalue weighted by Crippen LogP contribution is -2.47. The Kier molecular flexibility index (Phi) is 7.80. The van der Waals surface area contributed by atoms with E-state index in [-0.39, 0.29) is 5.91 Å². The highest BCUT2D eigenvalue weighted by atomic mass is 19.2.